The first-order valence-electron chi connectivity index (χ1n) is 11.1. The summed E-state index contributed by atoms with van der Waals surface area (Å²) in [6.07, 6.45) is -3.84. The van der Waals surface area contributed by atoms with Crippen LogP contribution in [0.4, 0.5) is 8.78 Å². The van der Waals surface area contributed by atoms with Gasteiger partial charge in [0.05, 0.1) is 16.1 Å². The van der Waals surface area contributed by atoms with Crippen molar-refractivity contribution < 1.29 is 33.1 Å². The minimum Gasteiger partial charge on any atom is -0.475 e. The Balaban J connectivity index is 3.10. The number of nitrogens with one attached hydrogen (secondary N) is 3. The van der Waals surface area contributed by atoms with Crippen molar-refractivity contribution >= 4 is 46.8 Å². The van der Waals surface area contributed by atoms with E-state index in [2.05, 4.69) is 16.0 Å². The number of rotatable bonds is 14. The van der Waals surface area contributed by atoms with Crippen molar-refractivity contribution in [2.45, 2.75) is 77.6 Å². The molecule has 3 atom stereocenters. The van der Waals surface area contributed by atoms with Crippen LogP contribution in [0.1, 0.15) is 46.1 Å². The summed E-state index contributed by atoms with van der Waals surface area (Å²) >= 11 is 12.0. The van der Waals surface area contributed by atoms with E-state index in [9.17, 15) is 28.0 Å². The molecular formula is C23H31Cl2F2N3O5. The monoisotopic (exact) mass is 537 g/mol. The number of carbonyl (C=O) groups excluding carboxylic acids is 3. The lowest BCUT2D eigenvalue weighted by atomic mass is 10.00. The molecule has 0 bridgehead atoms. The minimum absolute atomic E-state index is 0.0960. The Morgan fingerprint density at radius 3 is 1.94 bits per heavy atom. The van der Waals surface area contributed by atoms with E-state index in [0.29, 0.717) is 15.6 Å². The fourth-order valence-electron chi connectivity index (χ4n) is 3.34. The summed E-state index contributed by atoms with van der Waals surface area (Å²) < 4.78 is 25.8. The third-order valence-electron chi connectivity index (χ3n) is 4.87. The number of aliphatic carboxylic acids is 1. The Hall–Kier alpha value is -2.30. The summed E-state index contributed by atoms with van der Waals surface area (Å²) in [6.45, 7) is 7.23. The van der Waals surface area contributed by atoms with Gasteiger partial charge < -0.3 is 21.1 Å². The molecule has 1 rings (SSSR count). The predicted molar refractivity (Wildman–Crippen MR) is 129 cm³/mol. The molecule has 0 aliphatic carbocycles. The normalized spacial score (nSPS) is 14.0. The van der Waals surface area contributed by atoms with Crippen molar-refractivity contribution in [1.82, 2.24) is 16.0 Å². The van der Waals surface area contributed by atoms with Crippen LogP contribution in [0.25, 0.3) is 0 Å². The number of ketones is 1. The SMILES string of the molecule is CC(C)C[C@H](NC(=O)[C@H](Cc1ccc(Cl)c(Cl)c1)NC(C)C)C(=O)NC(CC(F)F)C(=O)C(=O)O. The summed E-state index contributed by atoms with van der Waals surface area (Å²) in [7, 11) is 0. The van der Waals surface area contributed by atoms with Crippen molar-refractivity contribution in [3.63, 3.8) is 0 Å². The third kappa shape index (κ3) is 10.9. The maximum absolute atomic E-state index is 13.1. The second kappa shape index (κ2) is 14.3. The predicted octanol–water partition coefficient (Wildman–Crippen LogP) is 3.23. The Morgan fingerprint density at radius 2 is 1.46 bits per heavy atom. The highest BCUT2D eigenvalue weighted by atomic mass is 35.5. The maximum Gasteiger partial charge on any atom is 0.374 e. The highest BCUT2D eigenvalue weighted by Crippen LogP contribution is 2.23. The molecule has 0 saturated heterocycles. The van der Waals surface area contributed by atoms with Crippen LogP contribution in [-0.2, 0) is 25.6 Å². The minimum atomic E-state index is -3.02. The lowest BCUT2D eigenvalue weighted by molar-refractivity contribution is -0.151. The number of carboxylic acid groups (broad SMARTS) is 1. The first kappa shape index (κ1) is 30.7. The van der Waals surface area contributed by atoms with Gasteiger partial charge in [0.15, 0.2) is 0 Å². The van der Waals surface area contributed by atoms with Gasteiger partial charge in [0, 0.05) is 12.5 Å². The molecule has 2 amide bonds. The molecule has 1 aromatic carbocycles. The summed E-state index contributed by atoms with van der Waals surface area (Å²) in [5, 5.41) is 17.4. The van der Waals surface area contributed by atoms with Gasteiger partial charge in [0.2, 0.25) is 18.2 Å². The number of amides is 2. The van der Waals surface area contributed by atoms with Gasteiger partial charge in [-0.05, 0) is 36.5 Å². The van der Waals surface area contributed by atoms with E-state index in [1.54, 1.807) is 32.0 Å². The molecular weight excluding hydrogens is 507 g/mol. The van der Waals surface area contributed by atoms with Crippen LogP contribution >= 0.6 is 23.2 Å². The molecule has 0 radical (unpaired) electrons. The quantitative estimate of drug-likeness (QED) is 0.270. The largest absolute Gasteiger partial charge is 0.475 e. The van der Waals surface area contributed by atoms with Crippen LogP contribution < -0.4 is 16.0 Å². The topological polar surface area (TPSA) is 125 Å². The van der Waals surface area contributed by atoms with Crippen LogP contribution in [-0.4, -0.2) is 59.3 Å². The van der Waals surface area contributed by atoms with E-state index >= 15 is 0 Å². The van der Waals surface area contributed by atoms with Crippen LogP contribution in [0.15, 0.2) is 18.2 Å². The lowest BCUT2D eigenvalue weighted by Gasteiger charge is -2.26. The lowest BCUT2D eigenvalue weighted by Crippen LogP contribution is -2.57. The van der Waals surface area contributed by atoms with Crippen LogP contribution in [0.2, 0.25) is 10.0 Å². The molecule has 0 heterocycles. The number of carbonyl (C=O) groups is 4. The molecule has 8 nitrogen and oxygen atoms in total. The molecule has 4 N–H and O–H groups in total. The van der Waals surface area contributed by atoms with E-state index < -0.39 is 54.5 Å². The first-order valence-corrected chi connectivity index (χ1v) is 11.8. The molecule has 196 valence electrons. The van der Waals surface area contributed by atoms with Gasteiger partial charge in [0.25, 0.3) is 5.78 Å². The summed E-state index contributed by atoms with van der Waals surface area (Å²) in [5.74, 6) is -5.07. The number of Topliss-reactive ketones (excluding diaryl/α,β-unsaturated/α-hetero) is 1. The first-order chi connectivity index (χ1) is 16.2. The zero-order chi connectivity index (χ0) is 26.9. The van der Waals surface area contributed by atoms with Crippen molar-refractivity contribution in [1.29, 1.82) is 0 Å². The maximum atomic E-state index is 13.1. The average molecular weight is 538 g/mol. The van der Waals surface area contributed by atoms with Crippen LogP contribution in [0, 0.1) is 5.92 Å². The number of hydrogen-bond donors (Lipinski definition) is 4. The molecule has 0 saturated carbocycles. The molecule has 0 aliphatic rings. The number of benzene rings is 1. The van der Waals surface area contributed by atoms with E-state index in [1.165, 1.54) is 0 Å². The fourth-order valence-corrected chi connectivity index (χ4v) is 3.66. The van der Waals surface area contributed by atoms with E-state index in [0.717, 1.165) is 0 Å². The Morgan fingerprint density at radius 1 is 0.886 bits per heavy atom. The molecule has 0 spiro atoms. The standard InChI is InChI=1S/C23H31Cl2F2N3O5/c1-11(2)7-17(21(32)29-16(10-19(26)27)20(31)23(34)35)30-22(33)18(28-12(3)4)9-13-5-6-14(24)15(25)8-13/h5-6,8,11-12,16-19,28H,7,9-10H2,1-4H3,(H,29,32)(H,30,33)(H,34,35)/t16?,17-,18-/m0/s1. The second-order valence-electron chi connectivity index (χ2n) is 8.87. The zero-order valence-electron chi connectivity index (χ0n) is 19.9. The fraction of sp³-hybridized carbons (Fsp3) is 0.565. The van der Waals surface area contributed by atoms with E-state index in [4.69, 9.17) is 28.3 Å². The number of carboxylic acids is 1. The zero-order valence-corrected chi connectivity index (χ0v) is 21.4. The van der Waals surface area contributed by atoms with Gasteiger partial charge in [-0.1, -0.05) is 57.0 Å². The van der Waals surface area contributed by atoms with Crippen molar-refractivity contribution in [2.75, 3.05) is 0 Å². The van der Waals surface area contributed by atoms with Gasteiger partial charge in [-0.3, -0.25) is 14.4 Å². The molecule has 12 heteroatoms. The van der Waals surface area contributed by atoms with Crippen molar-refractivity contribution in [3.8, 4) is 0 Å². The highest BCUT2D eigenvalue weighted by molar-refractivity contribution is 6.42. The summed E-state index contributed by atoms with van der Waals surface area (Å²) in [4.78, 5) is 48.8. The number of halogens is 4. The summed E-state index contributed by atoms with van der Waals surface area (Å²) in [5.41, 5.74) is 0.710. The van der Waals surface area contributed by atoms with Crippen molar-refractivity contribution in [3.05, 3.63) is 33.8 Å². The van der Waals surface area contributed by atoms with Gasteiger partial charge in [-0.2, -0.15) is 0 Å². The van der Waals surface area contributed by atoms with E-state index in [1.807, 2.05) is 13.8 Å². The number of hydrogen-bond acceptors (Lipinski definition) is 5. The van der Waals surface area contributed by atoms with Gasteiger partial charge in [-0.15, -0.1) is 0 Å². The molecule has 0 aliphatic heterocycles. The summed E-state index contributed by atoms with van der Waals surface area (Å²) in [6, 6.07) is 0.933. The molecule has 0 fully saturated rings. The molecule has 1 aromatic rings. The van der Waals surface area contributed by atoms with Crippen LogP contribution in [0.3, 0.4) is 0 Å². The van der Waals surface area contributed by atoms with Gasteiger partial charge in [-0.25, -0.2) is 13.6 Å². The Bertz CT molecular complexity index is 915. The average Bonchev–Trinajstić information content (AvgIpc) is 2.73. The van der Waals surface area contributed by atoms with Crippen LogP contribution in [0.5, 0.6) is 0 Å². The molecule has 1 unspecified atom stereocenters. The third-order valence-corrected chi connectivity index (χ3v) is 5.61. The Kier molecular flexibility index (Phi) is 12.6. The number of alkyl halides is 2. The highest BCUT2D eigenvalue weighted by Gasteiger charge is 2.33. The molecule has 0 aromatic heterocycles. The van der Waals surface area contributed by atoms with Gasteiger partial charge in [0.1, 0.15) is 12.1 Å². The molecule has 35 heavy (non-hydrogen) atoms. The smallest absolute Gasteiger partial charge is 0.374 e. The van der Waals surface area contributed by atoms with E-state index in [-0.39, 0.29) is 24.8 Å². The van der Waals surface area contributed by atoms with Gasteiger partial charge >= 0.3 is 5.97 Å². The second-order valence-corrected chi connectivity index (χ2v) is 9.69. The Labute approximate surface area is 213 Å². The van der Waals surface area contributed by atoms with Crippen molar-refractivity contribution in [2.24, 2.45) is 5.92 Å².